The zero-order valence-electron chi connectivity index (χ0n) is 26.1. The minimum atomic E-state index is -0.345. The summed E-state index contributed by atoms with van der Waals surface area (Å²) < 4.78 is 21.1. The predicted molar refractivity (Wildman–Crippen MR) is 169 cm³/mol. The molecule has 1 aliphatic heterocycles. The van der Waals surface area contributed by atoms with E-state index >= 15 is 0 Å². The van der Waals surface area contributed by atoms with Crippen LogP contribution >= 0.6 is 0 Å². The number of hydrogen-bond acceptors (Lipinski definition) is 5. The Hall–Kier alpha value is -3.46. The second-order valence-electron chi connectivity index (χ2n) is 13.5. The number of hydrogen-bond donors (Lipinski definition) is 1. The SMILES string of the molecule is COc1ccc(CCn2cnc3cc(N(C(=N)N4CCCN(C)CC4)C4C[C@@H]5C[C@H]([C@@H]4C)C5(C)C)ccc3c2=O)c(F)c1. The van der Waals surface area contributed by atoms with E-state index in [1.165, 1.54) is 19.6 Å². The molecule has 43 heavy (non-hydrogen) atoms. The summed E-state index contributed by atoms with van der Waals surface area (Å²) >= 11 is 0. The molecular formula is C34H45FN6O2. The Balaban J connectivity index is 1.30. The Labute approximate surface area is 254 Å². The van der Waals surface area contributed by atoms with Gasteiger partial charge in [-0.25, -0.2) is 9.37 Å². The smallest absolute Gasteiger partial charge is 0.261 e. The Kier molecular flexibility index (Phi) is 7.96. The summed E-state index contributed by atoms with van der Waals surface area (Å²) in [4.78, 5) is 25.0. The Bertz CT molecular complexity index is 1570. The van der Waals surface area contributed by atoms with Crippen LogP contribution in [0, 0.1) is 34.4 Å². The van der Waals surface area contributed by atoms with Crippen LogP contribution in [0.3, 0.4) is 0 Å². The topological polar surface area (TPSA) is 77.7 Å². The molecule has 0 spiro atoms. The quantitative estimate of drug-likeness (QED) is 0.314. The van der Waals surface area contributed by atoms with Crippen molar-refractivity contribution in [3.63, 3.8) is 0 Å². The van der Waals surface area contributed by atoms with Gasteiger partial charge in [-0.1, -0.05) is 26.8 Å². The molecule has 1 saturated heterocycles. The summed E-state index contributed by atoms with van der Waals surface area (Å²) in [5.74, 6) is 2.43. The Morgan fingerprint density at radius 3 is 2.67 bits per heavy atom. The molecule has 1 unspecified atom stereocenters. The highest BCUT2D eigenvalue weighted by atomic mass is 19.1. The minimum Gasteiger partial charge on any atom is -0.497 e. The average molecular weight is 589 g/mol. The summed E-state index contributed by atoms with van der Waals surface area (Å²) in [6, 6.07) is 10.9. The van der Waals surface area contributed by atoms with Crippen molar-refractivity contribution < 1.29 is 9.13 Å². The second kappa shape index (κ2) is 11.6. The lowest BCUT2D eigenvalue weighted by atomic mass is 9.44. The fraction of sp³-hybridized carbons (Fsp3) is 0.559. The van der Waals surface area contributed by atoms with Gasteiger partial charge in [-0.3, -0.25) is 14.8 Å². The van der Waals surface area contributed by atoms with E-state index in [2.05, 4.69) is 47.5 Å². The molecule has 3 saturated carbocycles. The first-order valence-corrected chi connectivity index (χ1v) is 15.7. The van der Waals surface area contributed by atoms with E-state index in [0.29, 0.717) is 64.3 Å². The van der Waals surface area contributed by atoms with Crippen LogP contribution in [-0.2, 0) is 13.0 Å². The molecule has 7 rings (SSSR count). The number of methoxy groups -OCH3 is 1. The first-order chi connectivity index (χ1) is 20.6. The molecule has 0 radical (unpaired) electrons. The second-order valence-corrected chi connectivity index (χ2v) is 13.5. The fourth-order valence-corrected chi connectivity index (χ4v) is 7.90. The van der Waals surface area contributed by atoms with Crippen LogP contribution in [-0.4, -0.2) is 71.7 Å². The highest BCUT2D eigenvalue weighted by Crippen LogP contribution is 2.62. The van der Waals surface area contributed by atoms with Crippen molar-refractivity contribution in [1.29, 1.82) is 5.41 Å². The molecule has 2 heterocycles. The van der Waals surface area contributed by atoms with Gasteiger partial charge in [-0.05, 0) is 92.3 Å². The number of aryl methyl sites for hydroxylation is 2. The van der Waals surface area contributed by atoms with Crippen LogP contribution in [0.2, 0.25) is 0 Å². The van der Waals surface area contributed by atoms with Gasteiger partial charge in [0, 0.05) is 44.0 Å². The molecule has 1 aromatic heterocycles. The molecule has 1 N–H and O–H groups in total. The molecular weight excluding hydrogens is 543 g/mol. The summed E-state index contributed by atoms with van der Waals surface area (Å²) in [6.45, 7) is 11.2. The number of guanidine groups is 1. The minimum absolute atomic E-state index is 0.142. The maximum Gasteiger partial charge on any atom is 0.261 e. The van der Waals surface area contributed by atoms with Crippen LogP contribution < -0.4 is 15.2 Å². The van der Waals surface area contributed by atoms with E-state index < -0.39 is 0 Å². The number of halogens is 1. The highest BCUT2D eigenvalue weighted by Gasteiger charge is 2.57. The number of likely N-dealkylation sites (N-methyl/N-ethyl adjacent to an activating group) is 1. The van der Waals surface area contributed by atoms with E-state index in [1.54, 1.807) is 23.0 Å². The third-order valence-electron chi connectivity index (χ3n) is 10.9. The molecule has 3 aliphatic carbocycles. The fourth-order valence-electron chi connectivity index (χ4n) is 7.90. The molecule has 9 heteroatoms. The molecule has 4 aliphatic rings. The number of rotatable bonds is 6. The lowest BCUT2D eigenvalue weighted by molar-refractivity contribution is -0.108. The number of fused-ring (bicyclic) bond motifs is 3. The number of nitrogens with one attached hydrogen (secondary N) is 1. The van der Waals surface area contributed by atoms with Gasteiger partial charge in [0.1, 0.15) is 11.6 Å². The van der Waals surface area contributed by atoms with Crippen LogP contribution in [0.15, 0.2) is 47.5 Å². The average Bonchev–Trinajstić information content (AvgIpc) is 3.22. The normalized spacial score (nSPS) is 25.2. The zero-order chi connectivity index (χ0) is 30.5. The molecule has 4 fully saturated rings. The first kappa shape index (κ1) is 29.6. The molecule has 230 valence electrons. The van der Waals surface area contributed by atoms with Crippen molar-refractivity contribution in [3.8, 4) is 5.75 Å². The van der Waals surface area contributed by atoms with E-state index in [1.807, 2.05) is 18.2 Å². The number of ether oxygens (including phenoxy) is 1. The van der Waals surface area contributed by atoms with E-state index in [4.69, 9.17) is 4.74 Å². The number of aromatic nitrogens is 2. The monoisotopic (exact) mass is 588 g/mol. The Morgan fingerprint density at radius 1 is 1.14 bits per heavy atom. The Morgan fingerprint density at radius 2 is 1.95 bits per heavy atom. The van der Waals surface area contributed by atoms with E-state index in [9.17, 15) is 14.6 Å². The molecule has 2 bridgehead atoms. The zero-order valence-corrected chi connectivity index (χ0v) is 26.1. The summed E-state index contributed by atoms with van der Waals surface area (Å²) in [5, 5.41) is 10.1. The van der Waals surface area contributed by atoms with Crippen LogP contribution in [0.25, 0.3) is 10.9 Å². The number of nitrogens with zero attached hydrogens (tertiary/aromatic N) is 5. The number of benzene rings is 2. The summed E-state index contributed by atoms with van der Waals surface area (Å²) in [7, 11) is 3.66. The van der Waals surface area contributed by atoms with Gasteiger partial charge in [0.25, 0.3) is 5.56 Å². The van der Waals surface area contributed by atoms with Gasteiger partial charge in [0.2, 0.25) is 0 Å². The lowest BCUT2D eigenvalue weighted by Crippen LogP contribution is -2.63. The predicted octanol–water partition coefficient (Wildman–Crippen LogP) is 5.24. The van der Waals surface area contributed by atoms with Gasteiger partial charge >= 0.3 is 0 Å². The highest BCUT2D eigenvalue weighted by molar-refractivity contribution is 5.96. The van der Waals surface area contributed by atoms with E-state index in [0.717, 1.165) is 44.7 Å². The molecule has 4 atom stereocenters. The van der Waals surface area contributed by atoms with Crippen molar-refractivity contribution in [2.75, 3.05) is 45.2 Å². The van der Waals surface area contributed by atoms with Gasteiger partial charge in [-0.2, -0.15) is 0 Å². The molecule has 3 aromatic rings. The largest absolute Gasteiger partial charge is 0.497 e. The maximum atomic E-state index is 14.5. The van der Waals surface area contributed by atoms with Crippen molar-refractivity contribution in [2.24, 2.45) is 23.2 Å². The number of anilines is 1. The first-order valence-electron chi connectivity index (χ1n) is 15.7. The molecule has 8 nitrogen and oxygen atoms in total. The van der Waals surface area contributed by atoms with Crippen molar-refractivity contribution in [1.82, 2.24) is 19.4 Å². The summed E-state index contributed by atoms with van der Waals surface area (Å²) in [6.07, 6.45) is 5.31. The van der Waals surface area contributed by atoms with Crippen molar-refractivity contribution in [3.05, 3.63) is 64.5 Å². The van der Waals surface area contributed by atoms with E-state index in [-0.39, 0.29) is 17.4 Å². The van der Waals surface area contributed by atoms with Crippen molar-refractivity contribution >= 4 is 22.5 Å². The van der Waals surface area contributed by atoms with Crippen LogP contribution in [0.1, 0.15) is 45.6 Å². The lowest BCUT2D eigenvalue weighted by Gasteiger charge is -2.63. The van der Waals surface area contributed by atoms with Crippen molar-refractivity contribution in [2.45, 2.75) is 59.0 Å². The summed E-state index contributed by atoms with van der Waals surface area (Å²) in [5.41, 5.74) is 2.28. The van der Waals surface area contributed by atoms with Crippen LogP contribution in [0.4, 0.5) is 10.1 Å². The third kappa shape index (κ3) is 5.41. The van der Waals surface area contributed by atoms with Gasteiger partial charge in [0.05, 0.1) is 24.3 Å². The third-order valence-corrected chi connectivity index (χ3v) is 10.9. The molecule has 0 amide bonds. The molecule has 2 aromatic carbocycles. The maximum absolute atomic E-state index is 14.5. The van der Waals surface area contributed by atoms with Gasteiger partial charge in [0.15, 0.2) is 5.96 Å². The standard InChI is InChI=1S/C34H45FN6O2/c1-22-28-17-24(34(28,2)3)18-31(22)41(33(36)39-13-6-12-38(4)15-16-39)25-8-10-27-30(19-25)37-21-40(32(27)42)14-11-23-7-9-26(43-5)20-29(23)35/h7-10,19-22,24,28,31,36H,6,11-18H2,1-5H3/t22-,24-,28+,31?/m0/s1. The van der Waals surface area contributed by atoms with Gasteiger partial charge < -0.3 is 19.4 Å². The van der Waals surface area contributed by atoms with Crippen LogP contribution in [0.5, 0.6) is 5.75 Å². The van der Waals surface area contributed by atoms with Gasteiger partial charge in [-0.15, -0.1) is 0 Å².